The number of nitrogens with zero attached hydrogens (tertiary/aromatic N) is 1. The van der Waals surface area contributed by atoms with E-state index in [9.17, 15) is 14.4 Å². The summed E-state index contributed by atoms with van der Waals surface area (Å²) in [5.74, 6) is -2.23. The third-order valence-electron chi connectivity index (χ3n) is 3.02. The smallest absolute Gasteiger partial charge is 0.337 e. The molecule has 128 valence electrons. The first kappa shape index (κ1) is 18.2. The van der Waals surface area contributed by atoms with Gasteiger partial charge in [0.15, 0.2) is 0 Å². The third kappa shape index (κ3) is 5.43. The van der Waals surface area contributed by atoms with E-state index in [-0.39, 0.29) is 0 Å². The number of rotatable bonds is 4. The molecule has 0 saturated carbocycles. The first-order chi connectivity index (χ1) is 12.0. The molecule has 0 saturated heterocycles. The Kier molecular flexibility index (Phi) is 6.25. The van der Waals surface area contributed by atoms with E-state index in [0.29, 0.717) is 21.8 Å². The monoisotopic (exact) mass is 359 g/mol. The van der Waals surface area contributed by atoms with Gasteiger partial charge < -0.3 is 10.1 Å². The molecule has 0 aliphatic rings. The highest BCUT2D eigenvalue weighted by Crippen LogP contribution is 2.13. The number of amides is 2. The zero-order valence-corrected chi connectivity index (χ0v) is 13.9. The maximum atomic E-state index is 11.7. The molecule has 2 aromatic carbocycles. The van der Waals surface area contributed by atoms with Crippen molar-refractivity contribution in [1.82, 2.24) is 5.43 Å². The number of anilines is 1. The molecule has 25 heavy (non-hydrogen) atoms. The molecule has 0 aromatic heterocycles. The van der Waals surface area contributed by atoms with Crippen LogP contribution in [0.5, 0.6) is 0 Å². The molecule has 0 fully saturated rings. The molecule has 2 rings (SSSR count). The summed E-state index contributed by atoms with van der Waals surface area (Å²) in [5, 5.41) is 6.62. The van der Waals surface area contributed by atoms with Crippen LogP contribution >= 0.6 is 11.6 Å². The topological polar surface area (TPSA) is 96.9 Å². The first-order valence-corrected chi connectivity index (χ1v) is 7.45. The molecular formula is C17H14ClN3O4. The van der Waals surface area contributed by atoms with Crippen molar-refractivity contribution < 1.29 is 19.1 Å². The highest BCUT2D eigenvalue weighted by atomic mass is 35.5. The van der Waals surface area contributed by atoms with E-state index >= 15 is 0 Å². The Labute approximate surface area is 148 Å². The van der Waals surface area contributed by atoms with Crippen molar-refractivity contribution in [3.63, 3.8) is 0 Å². The lowest BCUT2D eigenvalue weighted by molar-refractivity contribution is -0.136. The van der Waals surface area contributed by atoms with Gasteiger partial charge in [-0.1, -0.05) is 23.7 Å². The van der Waals surface area contributed by atoms with E-state index in [2.05, 4.69) is 20.6 Å². The van der Waals surface area contributed by atoms with E-state index < -0.39 is 17.8 Å². The van der Waals surface area contributed by atoms with Crippen molar-refractivity contribution in [3.8, 4) is 0 Å². The second kappa shape index (κ2) is 8.60. The van der Waals surface area contributed by atoms with Gasteiger partial charge in [-0.25, -0.2) is 10.2 Å². The molecule has 0 heterocycles. The summed E-state index contributed by atoms with van der Waals surface area (Å²) in [7, 11) is 1.29. The average molecular weight is 360 g/mol. The molecule has 0 bridgehead atoms. The Balaban J connectivity index is 1.88. The predicted octanol–water partition coefficient (Wildman–Crippen LogP) is 2.22. The van der Waals surface area contributed by atoms with Crippen LogP contribution in [0.4, 0.5) is 5.69 Å². The van der Waals surface area contributed by atoms with Crippen molar-refractivity contribution in [2.24, 2.45) is 5.10 Å². The van der Waals surface area contributed by atoms with Gasteiger partial charge in [-0.05, 0) is 42.0 Å². The molecule has 7 nitrogen and oxygen atoms in total. The molecule has 0 spiro atoms. The number of halogens is 1. The van der Waals surface area contributed by atoms with Crippen LogP contribution in [0.15, 0.2) is 53.6 Å². The predicted molar refractivity (Wildman–Crippen MR) is 93.6 cm³/mol. The van der Waals surface area contributed by atoms with Crippen LogP contribution < -0.4 is 10.7 Å². The van der Waals surface area contributed by atoms with Gasteiger partial charge in [0.25, 0.3) is 0 Å². The lowest BCUT2D eigenvalue weighted by Crippen LogP contribution is -2.32. The maximum Gasteiger partial charge on any atom is 0.337 e. The normalized spacial score (nSPS) is 10.3. The number of hydrogen-bond acceptors (Lipinski definition) is 5. The molecular weight excluding hydrogens is 346 g/mol. The summed E-state index contributed by atoms with van der Waals surface area (Å²) in [6.45, 7) is 0. The van der Waals surface area contributed by atoms with Crippen LogP contribution in [0, 0.1) is 0 Å². The first-order valence-electron chi connectivity index (χ1n) is 7.08. The van der Waals surface area contributed by atoms with E-state index in [1.165, 1.54) is 13.3 Å². The van der Waals surface area contributed by atoms with Gasteiger partial charge in [0.05, 0.1) is 18.9 Å². The molecule has 0 atom stereocenters. The molecule has 8 heteroatoms. The standard InChI is InChI=1S/C17H14ClN3O4/c1-25-17(24)12-4-2-11(3-5-12)10-19-21-16(23)15(22)20-14-8-6-13(18)7-9-14/h2-10H,1H3,(H,20,22)(H,21,23)/b19-10+. The van der Waals surface area contributed by atoms with Gasteiger partial charge in [0.2, 0.25) is 0 Å². The van der Waals surface area contributed by atoms with Crippen LogP contribution in [-0.2, 0) is 14.3 Å². The fraction of sp³-hybridized carbons (Fsp3) is 0.0588. The summed E-state index contributed by atoms with van der Waals surface area (Å²) < 4.78 is 4.59. The molecule has 2 amide bonds. The summed E-state index contributed by atoms with van der Waals surface area (Å²) in [4.78, 5) is 34.7. The van der Waals surface area contributed by atoms with Crippen LogP contribution in [0.2, 0.25) is 5.02 Å². The zero-order valence-electron chi connectivity index (χ0n) is 13.2. The highest BCUT2D eigenvalue weighted by molar-refractivity contribution is 6.39. The number of carbonyl (C=O) groups excluding carboxylic acids is 3. The second-order valence-corrected chi connectivity index (χ2v) is 5.21. The van der Waals surface area contributed by atoms with Gasteiger partial charge in [-0.3, -0.25) is 9.59 Å². The zero-order chi connectivity index (χ0) is 18.2. The number of nitrogens with one attached hydrogen (secondary N) is 2. The Morgan fingerprint density at radius 3 is 2.24 bits per heavy atom. The van der Waals surface area contributed by atoms with Crippen molar-refractivity contribution in [3.05, 3.63) is 64.7 Å². The number of carbonyl (C=O) groups is 3. The fourth-order valence-corrected chi connectivity index (χ4v) is 1.89. The quantitative estimate of drug-likeness (QED) is 0.378. The maximum absolute atomic E-state index is 11.7. The highest BCUT2D eigenvalue weighted by Gasteiger charge is 2.12. The molecule has 0 radical (unpaired) electrons. The van der Waals surface area contributed by atoms with Crippen LogP contribution in [0.3, 0.4) is 0 Å². The minimum absolute atomic E-state index is 0.394. The molecule has 0 aliphatic carbocycles. The van der Waals surface area contributed by atoms with Gasteiger partial charge in [-0.15, -0.1) is 0 Å². The van der Waals surface area contributed by atoms with Crippen molar-refractivity contribution in [2.75, 3.05) is 12.4 Å². The van der Waals surface area contributed by atoms with Gasteiger partial charge in [0, 0.05) is 10.7 Å². The lowest BCUT2D eigenvalue weighted by Gasteiger charge is -2.03. The molecule has 0 unspecified atom stereocenters. The Morgan fingerprint density at radius 2 is 1.64 bits per heavy atom. The lowest BCUT2D eigenvalue weighted by atomic mass is 10.1. The Bertz CT molecular complexity index is 802. The van der Waals surface area contributed by atoms with Gasteiger partial charge in [-0.2, -0.15) is 5.10 Å². The van der Waals surface area contributed by atoms with E-state index in [1.54, 1.807) is 48.5 Å². The number of ether oxygens (including phenoxy) is 1. The van der Waals surface area contributed by atoms with Crippen LogP contribution in [0.25, 0.3) is 0 Å². The van der Waals surface area contributed by atoms with Crippen molar-refractivity contribution in [1.29, 1.82) is 0 Å². The summed E-state index contributed by atoms with van der Waals surface area (Å²) >= 11 is 5.74. The summed E-state index contributed by atoms with van der Waals surface area (Å²) in [6.07, 6.45) is 1.34. The summed E-state index contributed by atoms with van der Waals surface area (Å²) in [5.41, 5.74) is 3.57. The van der Waals surface area contributed by atoms with E-state index in [1.807, 2.05) is 0 Å². The molecule has 0 aliphatic heterocycles. The van der Waals surface area contributed by atoms with Crippen molar-refractivity contribution in [2.45, 2.75) is 0 Å². The Morgan fingerprint density at radius 1 is 1.00 bits per heavy atom. The SMILES string of the molecule is COC(=O)c1ccc(/C=N/NC(=O)C(=O)Nc2ccc(Cl)cc2)cc1. The van der Waals surface area contributed by atoms with E-state index in [0.717, 1.165) is 0 Å². The number of esters is 1. The molecule has 2 aromatic rings. The number of hydrazone groups is 1. The fourth-order valence-electron chi connectivity index (χ4n) is 1.76. The average Bonchev–Trinajstić information content (AvgIpc) is 2.63. The summed E-state index contributed by atoms with van der Waals surface area (Å²) in [6, 6.07) is 12.7. The minimum Gasteiger partial charge on any atom is -0.465 e. The van der Waals surface area contributed by atoms with Gasteiger partial charge >= 0.3 is 17.8 Å². The number of methoxy groups -OCH3 is 1. The van der Waals surface area contributed by atoms with Crippen LogP contribution in [-0.4, -0.2) is 31.1 Å². The second-order valence-electron chi connectivity index (χ2n) is 4.77. The number of benzene rings is 2. The number of hydrogen-bond donors (Lipinski definition) is 2. The molecule has 2 N–H and O–H groups in total. The van der Waals surface area contributed by atoms with Crippen molar-refractivity contribution >= 4 is 41.3 Å². The van der Waals surface area contributed by atoms with Gasteiger partial charge in [0.1, 0.15) is 0 Å². The minimum atomic E-state index is -0.919. The Hall–Kier alpha value is -3.19. The largest absolute Gasteiger partial charge is 0.465 e. The third-order valence-corrected chi connectivity index (χ3v) is 3.27. The van der Waals surface area contributed by atoms with Crippen LogP contribution in [0.1, 0.15) is 15.9 Å². The van der Waals surface area contributed by atoms with E-state index in [4.69, 9.17) is 11.6 Å².